The molecule has 10 rings (SSSR count). The topological polar surface area (TPSA) is 77.8 Å². The molecule has 0 saturated heterocycles. The quantitative estimate of drug-likeness (QED) is 0.186. The van der Waals surface area contributed by atoms with Crippen molar-refractivity contribution in [1.82, 2.24) is 19.9 Å². The van der Waals surface area contributed by atoms with Gasteiger partial charge in [-0.2, -0.15) is 0 Å². The second kappa shape index (κ2) is 11.4. The molecule has 0 atom stereocenters. The van der Waals surface area contributed by atoms with Gasteiger partial charge in [0.15, 0.2) is 28.6 Å². The number of pyridine rings is 1. The van der Waals surface area contributed by atoms with Crippen LogP contribution in [0, 0.1) is 0 Å². The van der Waals surface area contributed by atoms with E-state index in [9.17, 15) is 0 Å². The monoisotopic (exact) mass is 642 g/mol. The largest absolute Gasteiger partial charge is 0.454 e. The van der Waals surface area contributed by atoms with Crippen LogP contribution < -0.4 is 0 Å². The summed E-state index contributed by atoms with van der Waals surface area (Å²) in [5.41, 5.74) is 11.0. The molecule has 0 bridgehead atoms. The average Bonchev–Trinajstić information content (AvgIpc) is 3.76. The fourth-order valence-electron chi connectivity index (χ4n) is 6.78. The minimum absolute atomic E-state index is 0.584. The van der Waals surface area contributed by atoms with Crippen molar-refractivity contribution >= 4 is 44.1 Å². The highest BCUT2D eigenvalue weighted by Crippen LogP contribution is 2.44. The third-order valence-electron chi connectivity index (χ3n) is 9.15. The van der Waals surface area contributed by atoms with Crippen LogP contribution in [0.3, 0.4) is 0 Å². The lowest BCUT2D eigenvalue weighted by Crippen LogP contribution is -2.01. The summed E-state index contributed by atoms with van der Waals surface area (Å²) in [6, 6.07) is 52.9. The second-order valence-corrected chi connectivity index (χ2v) is 12.2. The third-order valence-corrected chi connectivity index (χ3v) is 9.15. The standard InChI is InChI=1S/C44H26N4O2/c1-4-14-27(15-5-1)34-26-30(24-25-31(34)44-47-42(28-16-6-2-7-17-28)46-43(48-44)29-18-8-3-9-19-29)37-40-38(32-20-10-12-22-35(32)49-40)45-39-33-21-11-13-23-36(33)50-41(37)39/h1-26H. The molecule has 6 heteroatoms. The number of hydrogen-bond acceptors (Lipinski definition) is 6. The molecule has 0 aliphatic heterocycles. The van der Waals surface area contributed by atoms with Gasteiger partial charge < -0.3 is 8.83 Å². The Morgan fingerprint density at radius 1 is 0.340 bits per heavy atom. The lowest BCUT2D eigenvalue weighted by atomic mass is 9.93. The number of rotatable bonds is 5. The molecule has 0 radical (unpaired) electrons. The van der Waals surface area contributed by atoms with Crippen LogP contribution in [0.2, 0.25) is 0 Å². The summed E-state index contributed by atoms with van der Waals surface area (Å²) >= 11 is 0. The van der Waals surface area contributed by atoms with E-state index in [0.717, 1.165) is 71.9 Å². The molecule has 10 aromatic rings. The Labute approximate surface area is 286 Å². The van der Waals surface area contributed by atoms with E-state index in [2.05, 4.69) is 42.5 Å². The average molecular weight is 643 g/mol. The van der Waals surface area contributed by atoms with Crippen molar-refractivity contribution < 1.29 is 8.83 Å². The van der Waals surface area contributed by atoms with E-state index in [-0.39, 0.29) is 0 Å². The number of furan rings is 2. The molecule has 0 N–H and O–H groups in total. The van der Waals surface area contributed by atoms with Gasteiger partial charge in [-0.15, -0.1) is 0 Å². The van der Waals surface area contributed by atoms with Crippen LogP contribution in [0.1, 0.15) is 0 Å². The molecule has 6 aromatic carbocycles. The zero-order valence-corrected chi connectivity index (χ0v) is 26.6. The SMILES string of the molecule is c1ccc(-c2nc(-c3ccccc3)nc(-c3ccc(-c4c5oc6ccccc6c5nc5c4oc4ccccc45)cc3-c3ccccc3)n2)cc1. The highest BCUT2D eigenvalue weighted by atomic mass is 16.3. The molecule has 0 aliphatic rings. The summed E-state index contributed by atoms with van der Waals surface area (Å²) in [5.74, 6) is 1.81. The van der Waals surface area contributed by atoms with Crippen LogP contribution in [-0.4, -0.2) is 19.9 Å². The van der Waals surface area contributed by atoms with Crippen LogP contribution >= 0.6 is 0 Å². The number of fused-ring (bicyclic) bond motifs is 6. The number of benzene rings is 6. The van der Waals surface area contributed by atoms with Crippen LogP contribution in [0.15, 0.2) is 167 Å². The Morgan fingerprint density at radius 2 is 0.800 bits per heavy atom. The maximum Gasteiger partial charge on any atom is 0.165 e. The number of aromatic nitrogens is 4. The van der Waals surface area contributed by atoms with Crippen molar-refractivity contribution in [3.63, 3.8) is 0 Å². The maximum atomic E-state index is 6.58. The van der Waals surface area contributed by atoms with E-state index in [1.54, 1.807) is 0 Å². The van der Waals surface area contributed by atoms with Crippen molar-refractivity contribution in [2.45, 2.75) is 0 Å². The van der Waals surface area contributed by atoms with Crippen LogP contribution in [0.25, 0.3) is 101 Å². The highest BCUT2D eigenvalue weighted by Gasteiger charge is 2.24. The molecule has 4 heterocycles. The Hall–Kier alpha value is -6.92. The first kappa shape index (κ1) is 28.1. The second-order valence-electron chi connectivity index (χ2n) is 12.2. The van der Waals surface area contributed by atoms with Gasteiger partial charge in [0.2, 0.25) is 0 Å². The lowest BCUT2D eigenvalue weighted by Gasteiger charge is -2.14. The van der Waals surface area contributed by atoms with Crippen LogP contribution in [-0.2, 0) is 0 Å². The smallest absolute Gasteiger partial charge is 0.165 e. The molecular formula is C44H26N4O2. The van der Waals surface area contributed by atoms with Crippen molar-refractivity contribution in [2.75, 3.05) is 0 Å². The normalized spacial score (nSPS) is 11.6. The first-order chi connectivity index (χ1) is 24.8. The van der Waals surface area contributed by atoms with Gasteiger partial charge in [0.1, 0.15) is 22.2 Å². The minimum atomic E-state index is 0.584. The van der Waals surface area contributed by atoms with Crippen molar-refractivity contribution in [3.05, 3.63) is 158 Å². The summed E-state index contributed by atoms with van der Waals surface area (Å²) in [7, 11) is 0. The molecule has 234 valence electrons. The van der Waals surface area contributed by atoms with Gasteiger partial charge in [0.05, 0.1) is 5.56 Å². The Balaban J connectivity index is 1.27. The van der Waals surface area contributed by atoms with E-state index in [1.807, 2.05) is 115 Å². The van der Waals surface area contributed by atoms with Gasteiger partial charge in [-0.1, -0.05) is 121 Å². The molecule has 0 aliphatic carbocycles. The van der Waals surface area contributed by atoms with Gasteiger partial charge in [-0.25, -0.2) is 19.9 Å². The first-order valence-corrected chi connectivity index (χ1v) is 16.5. The van der Waals surface area contributed by atoms with E-state index >= 15 is 0 Å². The van der Waals surface area contributed by atoms with E-state index < -0.39 is 0 Å². The molecule has 0 amide bonds. The summed E-state index contributed by atoms with van der Waals surface area (Å²) in [6.07, 6.45) is 0. The zero-order valence-electron chi connectivity index (χ0n) is 26.6. The predicted molar refractivity (Wildman–Crippen MR) is 199 cm³/mol. The number of hydrogen-bond donors (Lipinski definition) is 0. The van der Waals surface area contributed by atoms with Gasteiger partial charge in [-0.3, -0.25) is 0 Å². The lowest BCUT2D eigenvalue weighted by molar-refractivity contribution is 0.657. The van der Waals surface area contributed by atoms with Crippen molar-refractivity contribution in [2.24, 2.45) is 0 Å². The van der Waals surface area contributed by atoms with Crippen molar-refractivity contribution in [1.29, 1.82) is 0 Å². The summed E-state index contributed by atoms with van der Waals surface area (Å²) in [4.78, 5) is 20.2. The molecule has 0 spiro atoms. The van der Waals surface area contributed by atoms with E-state index in [1.165, 1.54) is 0 Å². The Bertz CT molecular complexity index is 2720. The minimum Gasteiger partial charge on any atom is -0.454 e. The fourth-order valence-corrected chi connectivity index (χ4v) is 6.78. The third kappa shape index (κ3) is 4.58. The van der Waals surface area contributed by atoms with Gasteiger partial charge in [0, 0.05) is 27.5 Å². The van der Waals surface area contributed by atoms with Crippen LogP contribution in [0.4, 0.5) is 0 Å². The van der Waals surface area contributed by atoms with E-state index in [4.69, 9.17) is 28.8 Å². The predicted octanol–water partition coefficient (Wildman–Crippen LogP) is 11.4. The molecule has 4 aromatic heterocycles. The number of nitrogens with zero attached hydrogens (tertiary/aromatic N) is 4. The van der Waals surface area contributed by atoms with Gasteiger partial charge >= 0.3 is 0 Å². The zero-order chi connectivity index (χ0) is 33.0. The number of para-hydroxylation sites is 2. The molecule has 0 fully saturated rings. The highest BCUT2D eigenvalue weighted by molar-refractivity contribution is 6.18. The Kier molecular flexibility index (Phi) is 6.39. The molecule has 0 saturated carbocycles. The van der Waals surface area contributed by atoms with E-state index in [0.29, 0.717) is 28.6 Å². The summed E-state index contributed by atoms with van der Waals surface area (Å²) < 4.78 is 13.2. The molecule has 0 unspecified atom stereocenters. The van der Waals surface area contributed by atoms with Gasteiger partial charge in [-0.05, 0) is 53.1 Å². The molecule has 50 heavy (non-hydrogen) atoms. The van der Waals surface area contributed by atoms with Crippen LogP contribution in [0.5, 0.6) is 0 Å². The van der Waals surface area contributed by atoms with Gasteiger partial charge in [0.25, 0.3) is 0 Å². The molecule has 6 nitrogen and oxygen atoms in total. The fraction of sp³-hybridized carbons (Fsp3) is 0. The maximum absolute atomic E-state index is 6.58. The Morgan fingerprint density at radius 3 is 1.34 bits per heavy atom. The summed E-state index contributed by atoms with van der Waals surface area (Å²) in [5, 5.41) is 1.92. The first-order valence-electron chi connectivity index (χ1n) is 16.5. The summed E-state index contributed by atoms with van der Waals surface area (Å²) in [6.45, 7) is 0. The molecular weight excluding hydrogens is 617 g/mol. The van der Waals surface area contributed by atoms with Crippen molar-refractivity contribution in [3.8, 4) is 56.4 Å².